The largest absolute Gasteiger partial charge is 0.311 e. The fourth-order valence-corrected chi connectivity index (χ4v) is 2.60. The molecule has 1 aromatic rings. The summed E-state index contributed by atoms with van der Waals surface area (Å²) in [6.45, 7) is 4.14. The third-order valence-electron chi connectivity index (χ3n) is 3.12. The van der Waals surface area contributed by atoms with Crippen LogP contribution < -0.4 is 5.32 Å². The Hall–Kier alpha value is -0.480. The summed E-state index contributed by atoms with van der Waals surface area (Å²) in [5.41, 5.74) is 2.45. The van der Waals surface area contributed by atoms with Gasteiger partial charge in [-0.1, -0.05) is 0 Å². The van der Waals surface area contributed by atoms with Gasteiger partial charge in [0.05, 0.1) is 5.69 Å². The van der Waals surface area contributed by atoms with E-state index >= 15 is 0 Å². The van der Waals surface area contributed by atoms with Gasteiger partial charge >= 0.3 is 0 Å². The Balaban J connectivity index is 1.81. The molecule has 0 aliphatic heterocycles. The average molecular weight is 225 g/mol. The Kier molecular flexibility index (Phi) is 3.07. The van der Waals surface area contributed by atoms with E-state index in [1.165, 1.54) is 18.4 Å². The van der Waals surface area contributed by atoms with Crippen molar-refractivity contribution in [3.8, 4) is 0 Å². The molecule has 1 saturated carbocycles. The Labute approximate surface area is 95.6 Å². The number of nitrogens with zero attached hydrogens (tertiary/aromatic N) is 2. The van der Waals surface area contributed by atoms with E-state index in [-0.39, 0.29) is 0 Å². The molecule has 0 saturated heterocycles. The highest BCUT2D eigenvalue weighted by Gasteiger charge is 2.41. The third kappa shape index (κ3) is 2.55. The van der Waals surface area contributed by atoms with Crippen LogP contribution in [0.25, 0.3) is 0 Å². The van der Waals surface area contributed by atoms with E-state index in [1.807, 2.05) is 23.5 Å². The van der Waals surface area contributed by atoms with Crippen LogP contribution in [0, 0.1) is 6.92 Å². The molecule has 0 amide bonds. The Bertz CT molecular complexity index is 342. The lowest BCUT2D eigenvalue weighted by Crippen LogP contribution is -2.25. The van der Waals surface area contributed by atoms with Crippen LogP contribution in [0.3, 0.4) is 0 Å². The van der Waals surface area contributed by atoms with Gasteiger partial charge in [-0.05, 0) is 26.0 Å². The minimum absolute atomic E-state index is 0.552. The molecular formula is C11H19N3S. The Morgan fingerprint density at radius 1 is 1.60 bits per heavy atom. The van der Waals surface area contributed by atoms with Crippen LogP contribution >= 0.6 is 11.8 Å². The second kappa shape index (κ2) is 4.18. The van der Waals surface area contributed by atoms with Crippen LogP contribution in [0.15, 0.2) is 6.20 Å². The van der Waals surface area contributed by atoms with Crippen molar-refractivity contribution in [3.63, 3.8) is 0 Å². The maximum absolute atomic E-state index is 4.33. The zero-order valence-electron chi connectivity index (χ0n) is 9.71. The SMILES string of the molecule is CSC1(CNCc2cn(C)nc2C)CC1. The highest BCUT2D eigenvalue weighted by molar-refractivity contribution is 8.00. The van der Waals surface area contributed by atoms with Gasteiger partial charge in [-0.3, -0.25) is 4.68 Å². The van der Waals surface area contributed by atoms with Crippen LogP contribution in [0.1, 0.15) is 24.1 Å². The van der Waals surface area contributed by atoms with Gasteiger partial charge in [-0.2, -0.15) is 16.9 Å². The number of aromatic nitrogens is 2. The van der Waals surface area contributed by atoms with Crippen LogP contribution in [0.4, 0.5) is 0 Å². The van der Waals surface area contributed by atoms with Crippen LogP contribution in [-0.4, -0.2) is 27.3 Å². The van der Waals surface area contributed by atoms with E-state index in [0.717, 1.165) is 18.8 Å². The first-order chi connectivity index (χ1) is 7.15. The number of hydrogen-bond donors (Lipinski definition) is 1. The number of nitrogens with one attached hydrogen (secondary N) is 1. The van der Waals surface area contributed by atoms with E-state index in [1.54, 1.807) is 0 Å². The van der Waals surface area contributed by atoms with Crippen molar-refractivity contribution in [2.24, 2.45) is 7.05 Å². The molecule has 4 heteroatoms. The number of hydrogen-bond acceptors (Lipinski definition) is 3. The molecule has 0 aromatic carbocycles. The van der Waals surface area contributed by atoms with Crippen molar-refractivity contribution in [1.29, 1.82) is 0 Å². The molecule has 0 bridgehead atoms. The molecule has 1 heterocycles. The van der Waals surface area contributed by atoms with Crippen LogP contribution in [-0.2, 0) is 13.6 Å². The van der Waals surface area contributed by atoms with Gasteiger partial charge in [0.25, 0.3) is 0 Å². The summed E-state index contributed by atoms with van der Waals surface area (Å²) in [6.07, 6.45) is 7.05. The summed E-state index contributed by atoms with van der Waals surface area (Å²) in [5, 5.41) is 7.87. The summed E-state index contributed by atoms with van der Waals surface area (Å²) in [7, 11) is 1.97. The van der Waals surface area contributed by atoms with Gasteiger partial charge < -0.3 is 5.32 Å². The highest BCUT2D eigenvalue weighted by Crippen LogP contribution is 2.46. The van der Waals surface area contributed by atoms with E-state index in [2.05, 4.69) is 29.8 Å². The first kappa shape index (κ1) is 11.0. The lowest BCUT2D eigenvalue weighted by atomic mass is 10.2. The summed E-state index contributed by atoms with van der Waals surface area (Å²) >= 11 is 2.00. The lowest BCUT2D eigenvalue weighted by Gasteiger charge is -2.12. The smallest absolute Gasteiger partial charge is 0.0638 e. The molecule has 84 valence electrons. The summed E-state index contributed by atoms with van der Waals surface area (Å²) < 4.78 is 2.43. The summed E-state index contributed by atoms with van der Waals surface area (Å²) in [6, 6.07) is 0. The van der Waals surface area contributed by atoms with Gasteiger partial charge in [-0.25, -0.2) is 0 Å². The van der Waals surface area contributed by atoms with Gasteiger partial charge in [0.2, 0.25) is 0 Å². The topological polar surface area (TPSA) is 29.9 Å². The molecule has 15 heavy (non-hydrogen) atoms. The summed E-state index contributed by atoms with van der Waals surface area (Å²) in [5.74, 6) is 0. The molecule has 3 nitrogen and oxygen atoms in total. The molecule has 1 aromatic heterocycles. The Morgan fingerprint density at radius 2 is 2.33 bits per heavy atom. The molecule has 0 atom stereocenters. The van der Waals surface area contributed by atoms with Crippen LogP contribution in [0.2, 0.25) is 0 Å². The van der Waals surface area contributed by atoms with Crippen molar-refractivity contribution in [2.75, 3.05) is 12.8 Å². The highest BCUT2D eigenvalue weighted by atomic mass is 32.2. The molecule has 1 N–H and O–H groups in total. The zero-order valence-corrected chi connectivity index (χ0v) is 10.5. The predicted octanol–water partition coefficient (Wildman–Crippen LogP) is 1.71. The maximum Gasteiger partial charge on any atom is 0.0638 e. The maximum atomic E-state index is 4.33. The standard InChI is InChI=1S/C11H19N3S/c1-9-10(7-14(2)13-9)6-12-8-11(15-3)4-5-11/h7,12H,4-6,8H2,1-3H3. The first-order valence-electron chi connectivity index (χ1n) is 5.40. The van der Waals surface area contributed by atoms with E-state index in [0.29, 0.717) is 4.75 Å². The van der Waals surface area contributed by atoms with E-state index in [9.17, 15) is 0 Å². The molecule has 0 radical (unpaired) electrons. The average Bonchev–Trinajstić information content (AvgIpc) is 2.90. The van der Waals surface area contributed by atoms with Crippen molar-refractivity contribution < 1.29 is 0 Å². The van der Waals surface area contributed by atoms with Gasteiger partial charge in [0.1, 0.15) is 0 Å². The quantitative estimate of drug-likeness (QED) is 0.827. The predicted molar refractivity (Wildman–Crippen MR) is 65.1 cm³/mol. The molecule has 2 rings (SSSR count). The number of aryl methyl sites for hydroxylation is 2. The van der Waals surface area contributed by atoms with E-state index in [4.69, 9.17) is 0 Å². The normalized spacial score (nSPS) is 18.1. The van der Waals surface area contributed by atoms with E-state index < -0.39 is 0 Å². The molecule has 0 spiro atoms. The van der Waals surface area contributed by atoms with Gasteiger partial charge in [0, 0.05) is 36.6 Å². The van der Waals surface area contributed by atoms with Gasteiger partial charge in [0.15, 0.2) is 0 Å². The molecular weight excluding hydrogens is 206 g/mol. The fraction of sp³-hybridized carbons (Fsp3) is 0.727. The van der Waals surface area contributed by atoms with Crippen molar-refractivity contribution in [2.45, 2.75) is 31.1 Å². The minimum atomic E-state index is 0.552. The molecule has 1 fully saturated rings. The van der Waals surface area contributed by atoms with Crippen LogP contribution in [0.5, 0.6) is 0 Å². The van der Waals surface area contributed by atoms with Crippen molar-refractivity contribution >= 4 is 11.8 Å². The third-order valence-corrected chi connectivity index (χ3v) is 4.54. The lowest BCUT2D eigenvalue weighted by molar-refractivity contribution is 0.661. The molecule has 1 aliphatic carbocycles. The van der Waals surface area contributed by atoms with Crippen molar-refractivity contribution in [1.82, 2.24) is 15.1 Å². The monoisotopic (exact) mass is 225 g/mol. The minimum Gasteiger partial charge on any atom is -0.311 e. The summed E-state index contributed by atoms with van der Waals surface area (Å²) in [4.78, 5) is 0. The van der Waals surface area contributed by atoms with Crippen molar-refractivity contribution in [3.05, 3.63) is 17.5 Å². The molecule has 0 unspecified atom stereocenters. The second-order valence-electron chi connectivity index (χ2n) is 4.40. The number of thioether (sulfide) groups is 1. The van der Waals surface area contributed by atoms with Gasteiger partial charge in [-0.15, -0.1) is 0 Å². The zero-order chi connectivity index (χ0) is 10.9. The number of rotatable bonds is 5. The first-order valence-corrected chi connectivity index (χ1v) is 6.63. The second-order valence-corrected chi connectivity index (χ2v) is 5.68. The Morgan fingerprint density at radius 3 is 2.80 bits per heavy atom. The molecule has 1 aliphatic rings. The fourth-order valence-electron chi connectivity index (χ4n) is 1.84.